The third-order valence-electron chi connectivity index (χ3n) is 2.78. The van der Waals surface area contributed by atoms with Crippen LogP contribution in [0.15, 0.2) is 24.3 Å². The molecule has 0 radical (unpaired) electrons. The zero-order valence-corrected chi connectivity index (χ0v) is 11.1. The van der Waals surface area contributed by atoms with E-state index in [0.717, 1.165) is 12.1 Å². The van der Waals surface area contributed by atoms with Crippen molar-refractivity contribution in [2.45, 2.75) is 25.9 Å². The van der Waals surface area contributed by atoms with Crippen LogP contribution in [0.3, 0.4) is 0 Å². The van der Waals surface area contributed by atoms with Crippen molar-refractivity contribution in [1.82, 2.24) is 0 Å². The van der Waals surface area contributed by atoms with E-state index in [1.54, 1.807) is 6.92 Å². The van der Waals surface area contributed by atoms with Crippen LogP contribution in [0.25, 0.3) is 5.57 Å². The van der Waals surface area contributed by atoms with Gasteiger partial charge in [-0.3, -0.25) is 4.79 Å². The Morgan fingerprint density at radius 1 is 1.40 bits per heavy atom. The van der Waals surface area contributed by atoms with Crippen molar-refractivity contribution in [1.29, 1.82) is 0 Å². The number of carboxylic acids is 1. The highest BCUT2D eigenvalue weighted by Gasteiger charge is 2.31. The topological polar surface area (TPSA) is 46.5 Å². The molecule has 3 nitrogen and oxygen atoms in total. The molecule has 0 spiro atoms. The van der Waals surface area contributed by atoms with E-state index < -0.39 is 17.7 Å². The van der Waals surface area contributed by atoms with Crippen LogP contribution in [0.5, 0.6) is 5.75 Å². The van der Waals surface area contributed by atoms with Gasteiger partial charge in [0.25, 0.3) is 0 Å². The lowest BCUT2D eigenvalue weighted by Gasteiger charge is -2.14. The number of rotatable bonds is 5. The Morgan fingerprint density at radius 3 is 2.50 bits per heavy atom. The number of carboxylic acid groups (broad SMARTS) is 1. The largest absolute Gasteiger partial charge is 0.496 e. The molecule has 0 fully saturated rings. The van der Waals surface area contributed by atoms with Crippen molar-refractivity contribution in [3.63, 3.8) is 0 Å². The summed E-state index contributed by atoms with van der Waals surface area (Å²) in [7, 11) is 1.36. The summed E-state index contributed by atoms with van der Waals surface area (Å²) in [6.07, 6.45) is -2.89. The number of aliphatic carboxylic acids is 1. The minimum Gasteiger partial charge on any atom is -0.496 e. The highest BCUT2D eigenvalue weighted by molar-refractivity contribution is 5.76. The molecular weight excluding hydrogens is 273 g/mol. The Hall–Kier alpha value is -1.98. The van der Waals surface area contributed by atoms with Crippen molar-refractivity contribution in [2.75, 3.05) is 7.11 Å². The normalized spacial score (nSPS) is 12.3. The predicted molar refractivity (Wildman–Crippen MR) is 68.5 cm³/mol. The van der Waals surface area contributed by atoms with Gasteiger partial charge in [0.05, 0.1) is 19.1 Å². The average molecular weight is 288 g/mol. The second-order valence-corrected chi connectivity index (χ2v) is 4.09. The van der Waals surface area contributed by atoms with E-state index in [1.165, 1.54) is 19.3 Å². The maximum Gasteiger partial charge on any atom is 0.416 e. The van der Waals surface area contributed by atoms with E-state index in [4.69, 9.17) is 9.84 Å². The molecule has 6 heteroatoms. The van der Waals surface area contributed by atoms with Gasteiger partial charge < -0.3 is 9.84 Å². The van der Waals surface area contributed by atoms with E-state index in [0.29, 0.717) is 12.0 Å². The summed E-state index contributed by atoms with van der Waals surface area (Å²) < 4.78 is 43.2. The Labute approximate surface area is 114 Å². The fourth-order valence-electron chi connectivity index (χ4n) is 1.79. The first kappa shape index (κ1) is 16.1. The molecule has 0 saturated carbocycles. The number of allylic oxidation sites excluding steroid dienone is 1. The number of halogens is 3. The molecule has 0 aliphatic carbocycles. The summed E-state index contributed by atoms with van der Waals surface area (Å²) >= 11 is 0. The number of hydrogen-bond donors (Lipinski definition) is 1. The Balaban J connectivity index is 3.31. The smallest absolute Gasteiger partial charge is 0.416 e. The van der Waals surface area contributed by atoms with Gasteiger partial charge in [0.15, 0.2) is 0 Å². The molecule has 0 unspecified atom stereocenters. The van der Waals surface area contributed by atoms with Gasteiger partial charge in [-0.05, 0) is 30.2 Å². The summed E-state index contributed by atoms with van der Waals surface area (Å²) in [5.74, 6) is -0.751. The first-order valence-electron chi connectivity index (χ1n) is 5.96. The Kier molecular flexibility index (Phi) is 5.19. The number of ether oxygens (including phenoxy) is 1. The quantitative estimate of drug-likeness (QED) is 0.891. The molecule has 20 heavy (non-hydrogen) atoms. The van der Waals surface area contributed by atoms with Crippen LogP contribution in [0.4, 0.5) is 13.2 Å². The summed E-state index contributed by atoms with van der Waals surface area (Å²) in [4.78, 5) is 10.6. The van der Waals surface area contributed by atoms with Crippen LogP contribution >= 0.6 is 0 Å². The summed E-state index contributed by atoms with van der Waals surface area (Å²) in [6.45, 7) is 1.74. The van der Waals surface area contributed by atoms with Crippen LogP contribution in [0.1, 0.15) is 30.9 Å². The summed E-state index contributed by atoms with van der Waals surface area (Å²) in [5.41, 5.74) is -0.00981. The van der Waals surface area contributed by atoms with Gasteiger partial charge in [-0.25, -0.2) is 0 Å². The van der Waals surface area contributed by atoms with Crippen LogP contribution in [-0.2, 0) is 11.0 Å². The highest BCUT2D eigenvalue weighted by atomic mass is 19.4. The van der Waals surface area contributed by atoms with Crippen LogP contribution < -0.4 is 4.74 Å². The molecule has 0 aliphatic rings. The van der Waals surface area contributed by atoms with E-state index in [9.17, 15) is 18.0 Å². The monoisotopic (exact) mass is 288 g/mol. The lowest BCUT2D eigenvalue weighted by atomic mass is 9.98. The van der Waals surface area contributed by atoms with Crippen molar-refractivity contribution >= 4 is 11.5 Å². The Morgan fingerprint density at radius 2 is 2.05 bits per heavy atom. The van der Waals surface area contributed by atoms with Gasteiger partial charge in [0, 0.05) is 5.56 Å². The molecule has 1 rings (SSSR count). The van der Waals surface area contributed by atoms with Crippen LogP contribution in [0.2, 0.25) is 0 Å². The number of carbonyl (C=O) groups is 1. The number of methoxy groups -OCH3 is 1. The molecule has 1 aromatic rings. The first-order valence-corrected chi connectivity index (χ1v) is 5.96. The molecule has 0 aliphatic heterocycles. The molecular formula is C14H15F3O3. The van der Waals surface area contributed by atoms with Gasteiger partial charge in [-0.15, -0.1) is 0 Å². The molecule has 1 aromatic carbocycles. The molecule has 1 N–H and O–H groups in total. The lowest BCUT2D eigenvalue weighted by molar-refractivity contribution is -0.138. The zero-order valence-electron chi connectivity index (χ0n) is 11.1. The number of alkyl halides is 3. The van der Waals surface area contributed by atoms with Crippen molar-refractivity contribution in [3.8, 4) is 5.75 Å². The number of hydrogen-bond acceptors (Lipinski definition) is 2. The van der Waals surface area contributed by atoms with Gasteiger partial charge >= 0.3 is 12.1 Å². The molecule has 0 aromatic heterocycles. The minimum atomic E-state index is -4.45. The highest BCUT2D eigenvalue weighted by Crippen LogP contribution is 2.36. The standard InChI is InChI=1S/C14H15F3O3/c1-3-9(4-7-13(18)19)11-8-10(14(15,16)17)5-6-12(11)20-2/h4-6,8H,3,7H2,1-2H3,(H,18,19)/b9-4+. The summed E-state index contributed by atoms with van der Waals surface area (Å²) in [6, 6.07) is 3.16. The van der Waals surface area contributed by atoms with Gasteiger partial charge in [0.1, 0.15) is 5.75 Å². The van der Waals surface area contributed by atoms with Crippen molar-refractivity contribution in [2.24, 2.45) is 0 Å². The van der Waals surface area contributed by atoms with Gasteiger partial charge in [-0.1, -0.05) is 13.0 Å². The maximum absolute atomic E-state index is 12.7. The average Bonchev–Trinajstić information content (AvgIpc) is 2.37. The maximum atomic E-state index is 12.7. The fraction of sp³-hybridized carbons (Fsp3) is 0.357. The van der Waals surface area contributed by atoms with E-state index in [1.807, 2.05) is 0 Å². The second-order valence-electron chi connectivity index (χ2n) is 4.09. The predicted octanol–water partition coefficient (Wildman–Crippen LogP) is 3.98. The Bertz CT molecular complexity index is 519. The van der Waals surface area contributed by atoms with Crippen LogP contribution in [-0.4, -0.2) is 18.2 Å². The third kappa shape index (κ3) is 4.01. The molecule has 0 saturated heterocycles. The van der Waals surface area contributed by atoms with Gasteiger partial charge in [-0.2, -0.15) is 13.2 Å². The van der Waals surface area contributed by atoms with E-state index >= 15 is 0 Å². The van der Waals surface area contributed by atoms with Crippen molar-refractivity contribution < 1.29 is 27.8 Å². The molecule has 0 amide bonds. The molecule has 0 bridgehead atoms. The lowest BCUT2D eigenvalue weighted by Crippen LogP contribution is -2.06. The van der Waals surface area contributed by atoms with E-state index in [-0.39, 0.29) is 17.7 Å². The second kappa shape index (κ2) is 6.45. The molecule has 110 valence electrons. The third-order valence-corrected chi connectivity index (χ3v) is 2.78. The van der Waals surface area contributed by atoms with Crippen LogP contribution in [0, 0.1) is 0 Å². The van der Waals surface area contributed by atoms with Crippen molar-refractivity contribution in [3.05, 3.63) is 35.4 Å². The number of benzene rings is 1. The SMILES string of the molecule is CC/C(=C\CC(=O)O)c1cc(C(F)(F)F)ccc1OC. The molecule has 0 heterocycles. The minimum absolute atomic E-state index is 0.247. The zero-order chi connectivity index (χ0) is 15.3. The summed E-state index contributed by atoms with van der Waals surface area (Å²) in [5, 5.41) is 8.66. The van der Waals surface area contributed by atoms with Gasteiger partial charge in [0.2, 0.25) is 0 Å². The fourth-order valence-corrected chi connectivity index (χ4v) is 1.79. The first-order chi connectivity index (χ1) is 9.29. The van der Waals surface area contributed by atoms with E-state index in [2.05, 4.69) is 0 Å². The molecule has 0 atom stereocenters.